The summed E-state index contributed by atoms with van der Waals surface area (Å²) in [7, 11) is 0. The lowest BCUT2D eigenvalue weighted by molar-refractivity contribution is 0.147. The Bertz CT molecular complexity index is 272. The van der Waals surface area contributed by atoms with Gasteiger partial charge in [-0.15, -0.1) is 0 Å². The largest absolute Gasteiger partial charge is 0.467 e. The van der Waals surface area contributed by atoms with Gasteiger partial charge in [0.05, 0.1) is 5.70 Å². The van der Waals surface area contributed by atoms with Gasteiger partial charge < -0.3 is 4.74 Å². The van der Waals surface area contributed by atoms with E-state index in [4.69, 9.17) is 15.7 Å². The Balaban J connectivity index is 3.01. The van der Waals surface area contributed by atoms with Gasteiger partial charge in [-0.3, -0.25) is 5.41 Å². The first-order valence-corrected chi connectivity index (χ1v) is 3.11. The normalized spacial score (nSPS) is 20.2. The summed E-state index contributed by atoms with van der Waals surface area (Å²) in [5.74, 6) is 0.0393. The van der Waals surface area contributed by atoms with E-state index in [2.05, 4.69) is 10.0 Å². The molecular formula is C6H8N4O. The summed E-state index contributed by atoms with van der Waals surface area (Å²) in [6.45, 7) is 3.49. The predicted octanol–water partition coefficient (Wildman–Crippen LogP) is 1.97. The number of rotatable bonds is 1. The smallest absolute Gasteiger partial charge is 0.206 e. The van der Waals surface area contributed by atoms with Gasteiger partial charge in [0, 0.05) is 11.0 Å². The molecule has 1 N–H and O–H groups in total. The summed E-state index contributed by atoms with van der Waals surface area (Å²) in [5, 5.41) is 10.5. The molecule has 1 aliphatic rings. The molecule has 1 rings (SSSR count). The molecule has 0 aromatic heterocycles. The summed E-state index contributed by atoms with van der Waals surface area (Å²) in [6.07, 6.45) is 1.42. The third-order valence-corrected chi connectivity index (χ3v) is 1.40. The maximum Gasteiger partial charge on any atom is 0.206 e. The monoisotopic (exact) mass is 152 g/mol. The third kappa shape index (κ3) is 1.33. The zero-order chi connectivity index (χ0) is 8.48. The molecule has 1 heterocycles. The van der Waals surface area contributed by atoms with E-state index >= 15 is 0 Å². The molecule has 5 nitrogen and oxygen atoms in total. The Morgan fingerprint density at radius 3 is 2.73 bits per heavy atom. The fourth-order valence-electron chi connectivity index (χ4n) is 0.852. The van der Waals surface area contributed by atoms with Crippen LogP contribution < -0.4 is 0 Å². The molecule has 0 aliphatic carbocycles. The second kappa shape index (κ2) is 2.29. The van der Waals surface area contributed by atoms with E-state index in [1.807, 2.05) is 0 Å². The standard InChI is InChI=1S/C6H8N4O/c1-6(2)4(9-10-8)3-5(7)11-6/h3,7H,1-2H3. The van der Waals surface area contributed by atoms with Crippen molar-refractivity contribution in [3.8, 4) is 0 Å². The van der Waals surface area contributed by atoms with Crippen LogP contribution in [-0.4, -0.2) is 11.5 Å². The van der Waals surface area contributed by atoms with Gasteiger partial charge in [0.2, 0.25) is 5.90 Å². The van der Waals surface area contributed by atoms with Crippen molar-refractivity contribution in [3.63, 3.8) is 0 Å². The predicted molar refractivity (Wildman–Crippen MR) is 40.1 cm³/mol. The van der Waals surface area contributed by atoms with Crippen molar-refractivity contribution in [2.45, 2.75) is 19.4 Å². The van der Waals surface area contributed by atoms with E-state index in [0.717, 1.165) is 0 Å². The minimum Gasteiger partial charge on any atom is -0.467 e. The number of azide groups is 1. The first kappa shape index (κ1) is 7.63. The molecule has 0 unspecified atom stereocenters. The van der Waals surface area contributed by atoms with Crippen LogP contribution in [0, 0.1) is 5.41 Å². The number of hydrogen-bond acceptors (Lipinski definition) is 3. The third-order valence-electron chi connectivity index (χ3n) is 1.40. The van der Waals surface area contributed by atoms with Gasteiger partial charge >= 0.3 is 0 Å². The van der Waals surface area contributed by atoms with Crippen LogP contribution in [0.4, 0.5) is 0 Å². The number of ether oxygens (including phenoxy) is 1. The van der Waals surface area contributed by atoms with E-state index in [1.54, 1.807) is 13.8 Å². The molecular weight excluding hydrogens is 144 g/mol. The van der Waals surface area contributed by atoms with E-state index in [-0.39, 0.29) is 5.90 Å². The zero-order valence-corrected chi connectivity index (χ0v) is 6.33. The van der Waals surface area contributed by atoms with Crippen molar-refractivity contribution < 1.29 is 4.74 Å². The lowest BCUT2D eigenvalue weighted by Gasteiger charge is -2.18. The minimum atomic E-state index is -0.649. The van der Waals surface area contributed by atoms with Gasteiger partial charge in [0.25, 0.3) is 0 Å². The van der Waals surface area contributed by atoms with Gasteiger partial charge in [-0.2, -0.15) is 0 Å². The zero-order valence-electron chi connectivity index (χ0n) is 6.33. The van der Waals surface area contributed by atoms with Crippen LogP contribution in [0.15, 0.2) is 16.9 Å². The molecule has 0 aromatic rings. The summed E-state index contributed by atoms with van der Waals surface area (Å²) < 4.78 is 5.04. The van der Waals surface area contributed by atoms with Crippen LogP contribution >= 0.6 is 0 Å². The maximum atomic E-state index is 8.14. The van der Waals surface area contributed by atoms with Crippen LogP contribution in [0.25, 0.3) is 10.4 Å². The number of nitrogens with one attached hydrogen (secondary N) is 1. The summed E-state index contributed by atoms with van der Waals surface area (Å²) >= 11 is 0. The van der Waals surface area contributed by atoms with Crippen LogP contribution in [0.5, 0.6) is 0 Å². The van der Waals surface area contributed by atoms with Gasteiger partial charge in [-0.25, -0.2) is 0 Å². The van der Waals surface area contributed by atoms with E-state index in [1.165, 1.54) is 6.08 Å². The molecule has 0 saturated heterocycles. The highest BCUT2D eigenvalue weighted by Gasteiger charge is 2.31. The molecule has 58 valence electrons. The van der Waals surface area contributed by atoms with Crippen molar-refractivity contribution in [3.05, 3.63) is 22.2 Å². The van der Waals surface area contributed by atoms with Crippen molar-refractivity contribution in [2.75, 3.05) is 0 Å². The van der Waals surface area contributed by atoms with E-state index in [9.17, 15) is 0 Å². The Labute approximate surface area is 63.8 Å². The van der Waals surface area contributed by atoms with Crippen LogP contribution in [-0.2, 0) is 4.74 Å². The first-order chi connectivity index (χ1) is 5.06. The number of nitrogens with zero attached hydrogens (tertiary/aromatic N) is 3. The van der Waals surface area contributed by atoms with E-state index in [0.29, 0.717) is 5.70 Å². The highest BCUT2D eigenvalue weighted by Crippen LogP contribution is 2.27. The topological polar surface area (TPSA) is 81.8 Å². The summed E-state index contributed by atoms with van der Waals surface area (Å²) in [4.78, 5) is 2.63. The van der Waals surface area contributed by atoms with E-state index < -0.39 is 5.60 Å². The highest BCUT2D eigenvalue weighted by atomic mass is 16.5. The molecule has 0 bridgehead atoms. The molecule has 0 amide bonds. The molecule has 5 heteroatoms. The molecule has 11 heavy (non-hydrogen) atoms. The Hall–Kier alpha value is -1.48. The van der Waals surface area contributed by atoms with Crippen molar-refractivity contribution in [2.24, 2.45) is 5.11 Å². The molecule has 1 aliphatic heterocycles. The summed E-state index contributed by atoms with van der Waals surface area (Å²) in [6, 6.07) is 0. The van der Waals surface area contributed by atoms with Gasteiger partial charge in [-0.1, -0.05) is 5.11 Å². The molecule has 0 atom stereocenters. The second-order valence-corrected chi connectivity index (χ2v) is 2.70. The van der Waals surface area contributed by atoms with Crippen molar-refractivity contribution >= 4 is 5.90 Å². The summed E-state index contributed by atoms with van der Waals surface area (Å²) in [5.41, 5.74) is 7.94. The molecule has 0 radical (unpaired) electrons. The quantitative estimate of drug-likeness (QED) is 0.347. The van der Waals surface area contributed by atoms with Gasteiger partial charge in [-0.05, 0) is 19.4 Å². The number of hydrogen-bond donors (Lipinski definition) is 1. The lowest BCUT2D eigenvalue weighted by Crippen LogP contribution is -2.21. The maximum absolute atomic E-state index is 8.14. The fraction of sp³-hybridized carbons (Fsp3) is 0.500. The van der Waals surface area contributed by atoms with Crippen LogP contribution in [0.1, 0.15) is 13.8 Å². The highest BCUT2D eigenvalue weighted by molar-refractivity contribution is 5.88. The second-order valence-electron chi connectivity index (χ2n) is 2.70. The van der Waals surface area contributed by atoms with Gasteiger partial charge in [0.1, 0.15) is 5.60 Å². The molecule has 0 fully saturated rings. The first-order valence-electron chi connectivity index (χ1n) is 3.11. The Morgan fingerprint density at radius 1 is 1.73 bits per heavy atom. The Morgan fingerprint density at radius 2 is 2.36 bits per heavy atom. The van der Waals surface area contributed by atoms with Gasteiger partial charge in [0.15, 0.2) is 0 Å². The lowest BCUT2D eigenvalue weighted by atomic mass is 10.1. The minimum absolute atomic E-state index is 0.0393. The van der Waals surface area contributed by atoms with Crippen molar-refractivity contribution in [1.29, 1.82) is 5.41 Å². The average Bonchev–Trinajstić information content (AvgIpc) is 2.07. The SMILES string of the molecule is CC1(C)OC(=N)C=C1N=[N+]=[N-]. The molecule has 0 aromatic carbocycles. The molecule has 0 saturated carbocycles. The fourth-order valence-corrected chi connectivity index (χ4v) is 0.852. The van der Waals surface area contributed by atoms with Crippen molar-refractivity contribution in [1.82, 2.24) is 0 Å². The Kier molecular flexibility index (Phi) is 1.58. The van der Waals surface area contributed by atoms with Crippen LogP contribution in [0.2, 0.25) is 0 Å². The molecule has 0 spiro atoms. The average molecular weight is 152 g/mol. The van der Waals surface area contributed by atoms with Crippen LogP contribution in [0.3, 0.4) is 0 Å².